The van der Waals surface area contributed by atoms with E-state index < -0.39 is 11.8 Å². The lowest BCUT2D eigenvalue weighted by atomic mass is 10.1. The van der Waals surface area contributed by atoms with Gasteiger partial charge >= 0.3 is 0 Å². The van der Waals surface area contributed by atoms with Crippen molar-refractivity contribution in [3.05, 3.63) is 71.0 Å². The molecule has 2 aromatic carbocycles. The van der Waals surface area contributed by atoms with E-state index in [0.29, 0.717) is 33.7 Å². The van der Waals surface area contributed by atoms with Gasteiger partial charge in [-0.3, -0.25) is 14.9 Å². The highest BCUT2D eigenvalue weighted by atomic mass is 35.5. The third-order valence-corrected chi connectivity index (χ3v) is 5.27. The molecule has 0 saturated carbocycles. The largest absolute Gasteiger partial charge is 0.497 e. The van der Waals surface area contributed by atoms with Gasteiger partial charge in [0.15, 0.2) is 5.11 Å². The van der Waals surface area contributed by atoms with Gasteiger partial charge in [-0.2, -0.15) is 0 Å². The molecule has 0 atom stereocenters. The lowest BCUT2D eigenvalue weighted by molar-refractivity contribution is -0.122. The van der Waals surface area contributed by atoms with Crippen LogP contribution in [0.25, 0.3) is 17.4 Å². The SMILES string of the molecule is COc1ccc(N2C(=O)/C(=C/c3ccc(-c4cccc(Cl)c4)o3)C(=O)NC2=S)c(OC)c1. The smallest absolute Gasteiger partial charge is 0.270 e. The molecule has 0 spiro atoms. The van der Waals surface area contributed by atoms with Gasteiger partial charge in [0.25, 0.3) is 11.8 Å². The summed E-state index contributed by atoms with van der Waals surface area (Å²) in [6, 6.07) is 15.5. The van der Waals surface area contributed by atoms with Gasteiger partial charge in [0.05, 0.1) is 19.9 Å². The number of furan rings is 1. The van der Waals surface area contributed by atoms with E-state index in [0.717, 1.165) is 5.56 Å². The first-order chi connectivity index (χ1) is 15.4. The molecule has 3 aromatic rings. The van der Waals surface area contributed by atoms with Gasteiger partial charge < -0.3 is 13.9 Å². The summed E-state index contributed by atoms with van der Waals surface area (Å²) in [6.07, 6.45) is 1.37. The quantitative estimate of drug-likeness (QED) is 0.338. The van der Waals surface area contributed by atoms with Crippen LogP contribution in [0.3, 0.4) is 0 Å². The number of hydrogen-bond donors (Lipinski definition) is 1. The molecule has 4 rings (SSSR count). The Morgan fingerprint density at radius 1 is 1.06 bits per heavy atom. The molecule has 2 heterocycles. The van der Waals surface area contributed by atoms with Crippen LogP contribution >= 0.6 is 23.8 Å². The summed E-state index contributed by atoms with van der Waals surface area (Å²) in [5.41, 5.74) is 1.00. The van der Waals surface area contributed by atoms with Crippen LogP contribution in [0.4, 0.5) is 5.69 Å². The van der Waals surface area contributed by atoms with Crippen molar-refractivity contribution in [2.75, 3.05) is 19.1 Å². The number of carbonyl (C=O) groups is 2. The number of halogens is 1. The highest BCUT2D eigenvalue weighted by molar-refractivity contribution is 7.80. The predicted octanol–water partition coefficient (Wildman–Crippen LogP) is 4.45. The fourth-order valence-electron chi connectivity index (χ4n) is 3.22. The minimum absolute atomic E-state index is 0.0559. The van der Waals surface area contributed by atoms with E-state index in [9.17, 15) is 9.59 Å². The second kappa shape index (κ2) is 8.86. The maximum absolute atomic E-state index is 13.3. The minimum atomic E-state index is -0.621. The van der Waals surface area contributed by atoms with Crippen LogP contribution in [0.2, 0.25) is 5.02 Å². The maximum atomic E-state index is 13.3. The molecule has 1 aliphatic heterocycles. The molecular weight excluding hydrogens is 452 g/mol. The van der Waals surface area contributed by atoms with Gasteiger partial charge in [-0.25, -0.2) is 4.90 Å². The molecule has 9 heteroatoms. The fourth-order valence-corrected chi connectivity index (χ4v) is 3.68. The number of anilines is 1. The number of benzene rings is 2. The number of thiocarbonyl (C=S) groups is 1. The lowest BCUT2D eigenvalue weighted by Crippen LogP contribution is -2.54. The summed E-state index contributed by atoms with van der Waals surface area (Å²) < 4.78 is 16.4. The number of hydrogen-bond acceptors (Lipinski definition) is 6. The Kier molecular flexibility index (Phi) is 5.98. The summed E-state index contributed by atoms with van der Waals surface area (Å²) in [6.45, 7) is 0. The number of nitrogens with one attached hydrogen (secondary N) is 1. The molecule has 1 saturated heterocycles. The van der Waals surface area contributed by atoms with Gasteiger partial charge in [0.2, 0.25) is 0 Å². The summed E-state index contributed by atoms with van der Waals surface area (Å²) >= 11 is 11.3. The third kappa shape index (κ3) is 4.10. The van der Waals surface area contributed by atoms with Crippen LogP contribution in [-0.2, 0) is 9.59 Å². The molecule has 2 amide bonds. The number of nitrogens with zero attached hydrogens (tertiary/aromatic N) is 1. The highest BCUT2D eigenvalue weighted by Crippen LogP contribution is 2.34. The van der Waals surface area contributed by atoms with E-state index in [4.69, 9.17) is 37.7 Å². The van der Waals surface area contributed by atoms with Crippen molar-refractivity contribution < 1.29 is 23.5 Å². The minimum Gasteiger partial charge on any atom is -0.497 e. The molecule has 0 unspecified atom stereocenters. The Labute approximate surface area is 194 Å². The van der Waals surface area contributed by atoms with Crippen molar-refractivity contribution in [2.24, 2.45) is 0 Å². The normalized spacial score (nSPS) is 15.2. The molecule has 32 heavy (non-hydrogen) atoms. The van der Waals surface area contributed by atoms with Crippen molar-refractivity contribution in [1.29, 1.82) is 0 Å². The van der Waals surface area contributed by atoms with Crippen LogP contribution < -0.4 is 19.7 Å². The zero-order valence-corrected chi connectivity index (χ0v) is 18.6. The second-order valence-electron chi connectivity index (χ2n) is 6.71. The van der Waals surface area contributed by atoms with Gasteiger partial charge in [-0.15, -0.1) is 0 Å². The number of rotatable bonds is 5. The Balaban J connectivity index is 1.70. The maximum Gasteiger partial charge on any atom is 0.270 e. The fraction of sp³-hybridized carbons (Fsp3) is 0.0870. The van der Waals surface area contributed by atoms with Crippen molar-refractivity contribution in [1.82, 2.24) is 5.32 Å². The van der Waals surface area contributed by atoms with Gasteiger partial charge in [0.1, 0.15) is 28.6 Å². The molecule has 162 valence electrons. The van der Waals surface area contributed by atoms with Crippen LogP contribution in [0, 0.1) is 0 Å². The van der Waals surface area contributed by atoms with Crippen LogP contribution in [0.15, 0.2) is 64.6 Å². The number of methoxy groups -OCH3 is 2. The predicted molar refractivity (Wildman–Crippen MR) is 125 cm³/mol. The van der Waals surface area contributed by atoms with E-state index >= 15 is 0 Å². The lowest BCUT2D eigenvalue weighted by Gasteiger charge is -2.29. The van der Waals surface area contributed by atoms with E-state index in [2.05, 4.69) is 5.32 Å². The molecule has 1 aromatic heterocycles. The van der Waals surface area contributed by atoms with Crippen molar-refractivity contribution in [3.8, 4) is 22.8 Å². The van der Waals surface area contributed by atoms with Crippen molar-refractivity contribution >= 4 is 52.5 Å². The van der Waals surface area contributed by atoms with E-state index in [-0.39, 0.29) is 10.7 Å². The zero-order chi connectivity index (χ0) is 22.8. The first-order valence-electron chi connectivity index (χ1n) is 9.40. The molecule has 0 bridgehead atoms. The zero-order valence-electron chi connectivity index (χ0n) is 17.0. The molecule has 1 aliphatic rings. The third-order valence-electron chi connectivity index (χ3n) is 4.75. The molecule has 0 aliphatic carbocycles. The highest BCUT2D eigenvalue weighted by Gasteiger charge is 2.36. The first-order valence-corrected chi connectivity index (χ1v) is 10.2. The standard InChI is InChI=1S/C23H17ClN2O5S/c1-29-15-6-8-18(20(12-15)30-2)26-22(28)17(21(27)25-23(26)32)11-16-7-9-19(31-16)13-4-3-5-14(24)10-13/h3-12H,1-2H3,(H,25,27,32)/b17-11+. The summed E-state index contributed by atoms with van der Waals surface area (Å²) in [5, 5.41) is 3.05. The van der Waals surface area contributed by atoms with Crippen LogP contribution in [0.1, 0.15) is 5.76 Å². The molecular formula is C23H17ClN2O5S. The average molecular weight is 469 g/mol. The van der Waals surface area contributed by atoms with E-state index in [1.807, 2.05) is 6.07 Å². The second-order valence-corrected chi connectivity index (χ2v) is 7.53. The monoisotopic (exact) mass is 468 g/mol. The van der Waals surface area contributed by atoms with E-state index in [1.54, 1.807) is 48.5 Å². The van der Waals surface area contributed by atoms with Gasteiger partial charge in [0, 0.05) is 16.7 Å². The van der Waals surface area contributed by atoms with E-state index in [1.165, 1.54) is 25.2 Å². The summed E-state index contributed by atoms with van der Waals surface area (Å²) in [4.78, 5) is 27.0. The topological polar surface area (TPSA) is 81.0 Å². The summed E-state index contributed by atoms with van der Waals surface area (Å²) in [5.74, 6) is 0.550. The number of ether oxygens (including phenoxy) is 2. The van der Waals surface area contributed by atoms with Gasteiger partial charge in [-0.05, 0) is 54.7 Å². The molecule has 1 N–H and O–H groups in total. The molecule has 1 fully saturated rings. The Hall–Kier alpha value is -3.62. The Morgan fingerprint density at radius 3 is 2.59 bits per heavy atom. The van der Waals surface area contributed by atoms with Crippen LogP contribution in [-0.4, -0.2) is 31.1 Å². The Morgan fingerprint density at radius 2 is 1.88 bits per heavy atom. The summed E-state index contributed by atoms with van der Waals surface area (Å²) in [7, 11) is 2.98. The van der Waals surface area contributed by atoms with Gasteiger partial charge in [-0.1, -0.05) is 23.7 Å². The number of amides is 2. The first kappa shape index (κ1) is 21.6. The van der Waals surface area contributed by atoms with Crippen molar-refractivity contribution in [3.63, 3.8) is 0 Å². The number of carbonyl (C=O) groups excluding carboxylic acids is 2. The average Bonchev–Trinajstić information content (AvgIpc) is 3.25. The van der Waals surface area contributed by atoms with Crippen molar-refractivity contribution in [2.45, 2.75) is 0 Å². The van der Waals surface area contributed by atoms with Crippen LogP contribution in [0.5, 0.6) is 11.5 Å². The molecule has 7 nitrogen and oxygen atoms in total. The molecule has 0 radical (unpaired) electrons. The Bertz CT molecular complexity index is 1270.